The zero-order valence-corrected chi connectivity index (χ0v) is 8.79. The maximum absolute atomic E-state index is 12.3. The lowest BCUT2D eigenvalue weighted by atomic mass is 10.1. The summed E-state index contributed by atoms with van der Waals surface area (Å²) in [6.45, 7) is 0. The highest BCUT2D eigenvalue weighted by Crippen LogP contribution is 2.32. The number of halogens is 7. The van der Waals surface area contributed by atoms with Crippen LogP contribution in [0.2, 0.25) is 5.02 Å². The van der Waals surface area contributed by atoms with Crippen molar-refractivity contribution in [3.05, 3.63) is 40.4 Å². The van der Waals surface area contributed by atoms with E-state index in [0.29, 0.717) is 18.2 Å². The molecule has 0 atom stereocenters. The summed E-state index contributed by atoms with van der Waals surface area (Å²) in [5.41, 5.74) is -1.35. The van der Waals surface area contributed by atoms with Gasteiger partial charge in [0.15, 0.2) is 0 Å². The van der Waals surface area contributed by atoms with E-state index in [9.17, 15) is 26.3 Å². The van der Waals surface area contributed by atoms with Crippen molar-refractivity contribution in [1.82, 2.24) is 0 Å². The van der Waals surface area contributed by atoms with Gasteiger partial charge in [-0.3, -0.25) is 0 Å². The zero-order valence-electron chi connectivity index (χ0n) is 8.03. The number of allylic oxidation sites excluding steroid dienone is 1. The highest BCUT2D eigenvalue weighted by Gasteiger charge is 2.31. The molecule has 0 saturated heterocycles. The molecule has 0 nitrogen and oxygen atoms in total. The quantitative estimate of drug-likeness (QED) is 0.637. The van der Waals surface area contributed by atoms with Gasteiger partial charge in [-0.2, -0.15) is 26.3 Å². The molecule has 0 saturated carbocycles. The van der Waals surface area contributed by atoms with Crippen LogP contribution in [0.5, 0.6) is 0 Å². The van der Waals surface area contributed by atoms with Crippen molar-refractivity contribution in [2.75, 3.05) is 0 Å². The Morgan fingerprint density at radius 1 is 0.941 bits per heavy atom. The monoisotopic (exact) mass is 274 g/mol. The predicted molar refractivity (Wildman–Crippen MR) is 51.5 cm³/mol. The van der Waals surface area contributed by atoms with Crippen LogP contribution >= 0.6 is 11.6 Å². The van der Waals surface area contributed by atoms with Crippen molar-refractivity contribution in [3.63, 3.8) is 0 Å². The van der Waals surface area contributed by atoms with E-state index in [2.05, 4.69) is 0 Å². The first-order chi connectivity index (χ1) is 7.58. The van der Waals surface area contributed by atoms with Crippen LogP contribution < -0.4 is 0 Å². The molecule has 0 unspecified atom stereocenters. The van der Waals surface area contributed by atoms with Crippen LogP contribution in [0.25, 0.3) is 6.08 Å². The van der Waals surface area contributed by atoms with Crippen LogP contribution in [0, 0.1) is 0 Å². The van der Waals surface area contributed by atoms with Crippen LogP contribution in [0.3, 0.4) is 0 Å². The molecule has 0 fully saturated rings. The van der Waals surface area contributed by atoms with Crippen LogP contribution in [0.1, 0.15) is 11.1 Å². The summed E-state index contributed by atoms with van der Waals surface area (Å²) in [5.74, 6) is 0. The highest BCUT2D eigenvalue weighted by molar-refractivity contribution is 6.30. The summed E-state index contributed by atoms with van der Waals surface area (Å²) in [7, 11) is 0. The predicted octanol–water partition coefficient (Wildman–Crippen LogP) is 4.93. The Bertz CT molecular complexity index is 429. The molecule has 0 aliphatic heterocycles. The van der Waals surface area contributed by atoms with Gasteiger partial charge in [-0.25, -0.2) is 0 Å². The zero-order chi connectivity index (χ0) is 13.3. The Morgan fingerprint density at radius 2 is 1.53 bits per heavy atom. The van der Waals surface area contributed by atoms with Gasteiger partial charge in [0, 0.05) is 11.1 Å². The molecular weight excluding hydrogens is 270 g/mol. The SMILES string of the molecule is FC(F)(F)C=Cc1cc(Cl)cc(C(F)(F)F)c1. The molecule has 7 heteroatoms. The fraction of sp³-hybridized carbons (Fsp3) is 0.200. The first-order valence-corrected chi connectivity index (χ1v) is 4.59. The van der Waals surface area contributed by atoms with Gasteiger partial charge >= 0.3 is 12.4 Å². The second-order valence-electron chi connectivity index (χ2n) is 3.15. The largest absolute Gasteiger partial charge is 0.416 e. The molecule has 0 aromatic heterocycles. The summed E-state index contributed by atoms with van der Waals surface area (Å²) in [4.78, 5) is 0. The van der Waals surface area contributed by atoms with Gasteiger partial charge in [-0.1, -0.05) is 17.7 Å². The first-order valence-electron chi connectivity index (χ1n) is 4.22. The summed E-state index contributed by atoms with van der Waals surface area (Å²) in [6.07, 6.45) is -8.85. The molecule has 0 bridgehead atoms. The van der Waals surface area contributed by atoms with Crippen molar-refractivity contribution in [2.45, 2.75) is 12.4 Å². The molecule has 1 aromatic carbocycles. The molecule has 0 aliphatic carbocycles. The van der Waals surface area contributed by atoms with Crippen LogP contribution in [-0.4, -0.2) is 6.18 Å². The van der Waals surface area contributed by atoms with E-state index in [-0.39, 0.29) is 16.7 Å². The molecular formula is C10H5ClF6. The van der Waals surface area contributed by atoms with Gasteiger partial charge in [0.1, 0.15) is 0 Å². The topological polar surface area (TPSA) is 0 Å². The second kappa shape index (κ2) is 4.60. The van der Waals surface area contributed by atoms with E-state index in [4.69, 9.17) is 11.6 Å². The summed E-state index contributed by atoms with van der Waals surface area (Å²) in [6, 6.07) is 2.25. The Balaban J connectivity index is 3.11. The number of benzene rings is 1. The number of hydrogen-bond donors (Lipinski definition) is 0. The van der Waals surface area contributed by atoms with Gasteiger partial charge in [-0.05, 0) is 23.8 Å². The van der Waals surface area contributed by atoms with Crippen LogP contribution in [0.15, 0.2) is 24.3 Å². The van der Waals surface area contributed by atoms with Crippen molar-refractivity contribution in [3.8, 4) is 0 Å². The molecule has 0 amide bonds. The third kappa shape index (κ3) is 4.68. The molecule has 0 aliphatic rings. The maximum Gasteiger partial charge on any atom is 0.416 e. The lowest BCUT2D eigenvalue weighted by molar-refractivity contribution is -0.137. The minimum absolute atomic E-state index is 0.154. The standard InChI is InChI=1S/C10H5ClF6/c11-8-4-6(1-2-9(12,13)14)3-7(5-8)10(15,16)17/h1-5H. The molecule has 1 aromatic rings. The van der Waals surface area contributed by atoms with E-state index in [1.54, 1.807) is 0 Å². The minimum atomic E-state index is -4.65. The van der Waals surface area contributed by atoms with Gasteiger partial charge in [0.25, 0.3) is 0 Å². The first kappa shape index (κ1) is 13.9. The average Bonchev–Trinajstić information content (AvgIpc) is 2.11. The molecule has 0 heterocycles. The Hall–Kier alpha value is -1.17. The minimum Gasteiger partial charge on any atom is -0.167 e. The summed E-state index contributed by atoms with van der Waals surface area (Å²) < 4.78 is 72.5. The van der Waals surface area contributed by atoms with Crippen molar-refractivity contribution >= 4 is 17.7 Å². The lowest BCUT2D eigenvalue weighted by Gasteiger charge is -2.08. The average molecular weight is 275 g/mol. The lowest BCUT2D eigenvalue weighted by Crippen LogP contribution is -2.05. The van der Waals surface area contributed by atoms with Crippen LogP contribution in [0.4, 0.5) is 26.3 Å². The third-order valence-electron chi connectivity index (χ3n) is 1.71. The maximum atomic E-state index is 12.3. The number of rotatable bonds is 1. The summed E-state index contributed by atoms with van der Waals surface area (Å²) in [5, 5.41) is -0.276. The number of hydrogen-bond acceptors (Lipinski definition) is 0. The Kier molecular flexibility index (Phi) is 3.76. The third-order valence-corrected chi connectivity index (χ3v) is 1.93. The molecule has 0 spiro atoms. The molecule has 1 rings (SSSR count). The summed E-state index contributed by atoms with van der Waals surface area (Å²) >= 11 is 5.39. The fourth-order valence-corrected chi connectivity index (χ4v) is 1.31. The van der Waals surface area contributed by atoms with E-state index in [1.165, 1.54) is 0 Å². The second-order valence-corrected chi connectivity index (χ2v) is 3.58. The normalized spacial score (nSPS) is 13.4. The van der Waals surface area contributed by atoms with E-state index in [0.717, 1.165) is 6.07 Å². The van der Waals surface area contributed by atoms with Crippen molar-refractivity contribution in [2.24, 2.45) is 0 Å². The van der Waals surface area contributed by atoms with Gasteiger partial charge in [0.05, 0.1) is 5.56 Å². The van der Waals surface area contributed by atoms with Gasteiger partial charge in [-0.15, -0.1) is 0 Å². The van der Waals surface area contributed by atoms with Crippen molar-refractivity contribution in [1.29, 1.82) is 0 Å². The van der Waals surface area contributed by atoms with E-state index < -0.39 is 17.9 Å². The molecule has 0 N–H and O–H groups in total. The van der Waals surface area contributed by atoms with Crippen molar-refractivity contribution < 1.29 is 26.3 Å². The highest BCUT2D eigenvalue weighted by atomic mass is 35.5. The van der Waals surface area contributed by atoms with E-state index >= 15 is 0 Å². The fourth-order valence-electron chi connectivity index (χ4n) is 1.06. The van der Waals surface area contributed by atoms with Gasteiger partial charge in [0.2, 0.25) is 0 Å². The Morgan fingerprint density at radius 3 is 2.00 bits per heavy atom. The smallest absolute Gasteiger partial charge is 0.167 e. The van der Waals surface area contributed by atoms with E-state index in [1.807, 2.05) is 0 Å². The van der Waals surface area contributed by atoms with Crippen LogP contribution in [-0.2, 0) is 6.18 Å². The van der Waals surface area contributed by atoms with Gasteiger partial charge < -0.3 is 0 Å². The molecule has 94 valence electrons. The molecule has 17 heavy (non-hydrogen) atoms. The number of alkyl halides is 6. The Labute approximate surface area is 97.5 Å². The molecule has 0 radical (unpaired) electrons.